The smallest absolute Gasteiger partial charge is 0.377 e. The first kappa shape index (κ1) is 37.7. The SMILES string of the molecule is CCc1c(N2CCN(C(=O)CNC(=O)c3c(F)cccc3Cl)CC2)c(=O)n2nc(C3=CCOCC3)nc2n1CC(=O)Nc1ccc(C(F)(F)F)cc1Cl. The molecule has 2 aliphatic heterocycles. The van der Waals surface area contributed by atoms with E-state index < -0.39 is 53.9 Å². The standard InChI is InChI=1S/C34H32Cl2F4N8O5/c1-2-25-29(46-12-10-45(11-13-46)27(50)17-41-31(51)28-21(35)4-3-5-23(28)37)32(52)48-33(43-30(44-48)19-8-14-53-15-9-19)47(25)18-26(49)42-24-7-6-20(16-22(24)36)34(38,39)40/h3-8,16H,2,9-15,17-18H2,1H3,(H,41,51)(H,42,49). The van der Waals surface area contributed by atoms with Crippen molar-refractivity contribution in [2.24, 2.45) is 0 Å². The second-order valence-electron chi connectivity index (χ2n) is 12.1. The minimum atomic E-state index is -4.63. The van der Waals surface area contributed by atoms with Gasteiger partial charge in [0.25, 0.3) is 11.5 Å². The van der Waals surface area contributed by atoms with E-state index in [2.05, 4.69) is 20.7 Å². The van der Waals surface area contributed by atoms with E-state index >= 15 is 0 Å². The number of alkyl halides is 3. The quantitative estimate of drug-likeness (QED) is 0.238. The van der Waals surface area contributed by atoms with Gasteiger partial charge in [0, 0.05) is 26.2 Å². The number of aromatic nitrogens is 4. The van der Waals surface area contributed by atoms with Crippen LogP contribution in [0.1, 0.15) is 40.8 Å². The van der Waals surface area contributed by atoms with Gasteiger partial charge in [-0.15, -0.1) is 5.10 Å². The van der Waals surface area contributed by atoms with Crippen LogP contribution in [0.4, 0.5) is 28.9 Å². The lowest BCUT2D eigenvalue weighted by molar-refractivity contribution is -0.137. The second kappa shape index (κ2) is 15.5. The molecule has 1 saturated heterocycles. The minimum absolute atomic E-state index is 0.0384. The highest BCUT2D eigenvalue weighted by Gasteiger charge is 2.32. The van der Waals surface area contributed by atoms with E-state index in [1.807, 2.05) is 0 Å². The van der Waals surface area contributed by atoms with E-state index in [9.17, 15) is 36.7 Å². The fraction of sp³-hybridized carbons (Fsp3) is 0.353. The number of benzene rings is 2. The largest absolute Gasteiger partial charge is 0.416 e. The van der Waals surface area contributed by atoms with Crippen molar-refractivity contribution < 1.29 is 36.7 Å². The van der Waals surface area contributed by atoms with E-state index in [4.69, 9.17) is 27.9 Å². The molecule has 0 atom stereocenters. The Balaban J connectivity index is 1.26. The van der Waals surface area contributed by atoms with E-state index in [-0.39, 0.29) is 71.2 Å². The molecule has 0 saturated carbocycles. The van der Waals surface area contributed by atoms with Crippen LogP contribution in [0.15, 0.2) is 47.3 Å². The van der Waals surface area contributed by atoms with Crippen LogP contribution in [-0.4, -0.2) is 87.7 Å². The fourth-order valence-electron chi connectivity index (χ4n) is 6.17. The Labute approximate surface area is 309 Å². The van der Waals surface area contributed by atoms with E-state index in [1.165, 1.54) is 21.6 Å². The number of anilines is 2. The van der Waals surface area contributed by atoms with Gasteiger partial charge in [0.1, 0.15) is 18.0 Å². The van der Waals surface area contributed by atoms with Crippen molar-refractivity contribution in [3.63, 3.8) is 0 Å². The molecule has 4 aromatic rings. The summed E-state index contributed by atoms with van der Waals surface area (Å²) in [6.07, 6.45) is -2.07. The van der Waals surface area contributed by atoms with Crippen molar-refractivity contribution in [3.8, 4) is 0 Å². The number of fused-ring (bicyclic) bond motifs is 1. The zero-order valence-electron chi connectivity index (χ0n) is 28.1. The molecule has 0 spiro atoms. The summed E-state index contributed by atoms with van der Waals surface area (Å²) in [6.45, 7) is 2.46. The Morgan fingerprint density at radius 3 is 2.43 bits per heavy atom. The predicted molar refractivity (Wildman–Crippen MR) is 188 cm³/mol. The van der Waals surface area contributed by atoms with Crippen LogP contribution in [-0.2, 0) is 33.5 Å². The first-order valence-corrected chi connectivity index (χ1v) is 17.2. The molecule has 3 amide bonds. The van der Waals surface area contributed by atoms with Crippen LogP contribution < -0.4 is 21.1 Å². The molecule has 280 valence electrons. The Morgan fingerprint density at radius 2 is 1.79 bits per heavy atom. The maximum Gasteiger partial charge on any atom is 0.416 e. The van der Waals surface area contributed by atoms with Crippen LogP contribution in [0.5, 0.6) is 0 Å². The number of ether oxygens (including phenoxy) is 1. The number of nitrogens with zero attached hydrogens (tertiary/aromatic N) is 6. The molecule has 13 nitrogen and oxygen atoms in total. The van der Waals surface area contributed by atoms with Gasteiger partial charge in [-0.05, 0) is 48.7 Å². The third kappa shape index (κ3) is 8.01. The molecule has 2 aromatic heterocycles. The number of amides is 3. The zero-order valence-corrected chi connectivity index (χ0v) is 29.6. The molecule has 2 aliphatic rings. The van der Waals surface area contributed by atoms with E-state index in [0.29, 0.717) is 31.4 Å². The maximum atomic E-state index is 14.2. The zero-order chi connectivity index (χ0) is 38.0. The van der Waals surface area contributed by atoms with Crippen molar-refractivity contribution in [1.82, 2.24) is 29.4 Å². The number of nitrogens with one attached hydrogen (secondary N) is 2. The minimum Gasteiger partial charge on any atom is -0.377 e. The summed E-state index contributed by atoms with van der Waals surface area (Å²) in [6, 6.07) is 6.38. The monoisotopic (exact) mass is 778 g/mol. The summed E-state index contributed by atoms with van der Waals surface area (Å²) in [5.41, 5.74) is -0.465. The Morgan fingerprint density at radius 1 is 1.04 bits per heavy atom. The third-order valence-electron chi connectivity index (χ3n) is 8.82. The summed E-state index contributed by atoms with van der Waals surface area (Å²) in [7, 11) is 0. The maximum absolute atomic E-state index is 14.2. The number of halogens is 6. The van der Waals surface area contributed by atoms with E-state index in [1.54, 1.807) is 17.9 Å². The molecule has 2 N–H and O–H groups in total. The number of piperazine rings is 1. The van der Waals surface area contributed by atoms with Crippen LogP contribution in [0.25, 0.3) is 11.4 Å². The number of rotatable bonds is 9. The number of hydrogen-bond donors (Lipinski definition) is 2. The summed E-state index contributed by atoms with van der Waals surface area (Å²) >= 11 is 12.1. The fourth-order valence-corrected chi connectivity index (χ4v) is 6.65. The summed E-state index contributed by atoms with van der Waals surface area (Å²) < 4.78 is 61.8. The molecular formula is C34H32Cl2F4N8O5. The molecule has 2 aromatic carbocycles. The van der Waals surface area contributed by atoms with Crippen LogP contribution in [0.3, 0.4) is 0 Å². The summed E-state index contributed by atoms with van der Waals surface area (Å²) in [5, 5.41) is 9.06. The van der Waals surface area contributed by atoms with Gasteiger partial charge in [-0.25, -0.2) is 4.39 Å². The van der Waals surface area contributed by atoms with Gasteiger partial charge < -0.3 is 29.7 Å². The molecule has 53 heavy (non-hydrogen) atoms. The highest BCUT2D eigenvalue weighted by Crippen LogP contribution is 2.34. The predicted octanol–water partition coefficient (Wildman–Crippen LogP) is 4.44. The third-order valence-corrected chi connectivity index (χ3v) is 9.45. The Hall–Kier alpha value is -5.00. The Kier molecular flexibility index (Phi) is 11.1. The van der Waals surface area contributed by atoms with Gasteiger partial charge in [-0.3, -0.25) is 19.2 Å². The first-order chi connectivity index (χ1) is 25.3. The van der Waals surface area contributed by atoms with Crippen LogP contribution in [0, 0.1) is 5.82 Å². The topological polar surface area (TPSA) is 143 Å². The molecular weight excluding hydrogens is 747 g/mol. The first-order valence-electron chi connectivity index (χ1n) is 16.5. The molecule has 1 fully saturated rings. The molecule has 19 heteroatoms. The van der Waals surface area contributed by atoms with Crippen molar-refractivity contribution in [2.45, 2.75) is 32.5 Å². The van der Waals surface area contributed by atoms with Crippen molar-refractivity contribution in [1.29, 1.82) is 0 Å². The molecule has 0 radical (unpaired) electrons. The average Bonchev–Trinajstić information content (AvgIpc) is 3.59. The lowest BCUT2D eigenvalue weighted by Gasteiger charge is -2.36. The molecule has 4 heterocycles. The number of hydrogen-bond acceptors (Lipinski definition) is 8. The number of carbonyl (C=O) groups excluding carboxylic acids is 3. The molecule has 0 bridgehead atoms. The Bertz CT molecular complexity index is 2160. The van der Waals surface area contributed by atoms with Crippen LogP contribution >= 0.6 is 23.2 Å². The van der Waals surface area contributed by atoms with Crippen LogP contribution in [0.2, 0.25) is 10.0 Å². The normalized spacial score (nSPS) is 15.0. The van der Waals surface area contributed by atoms with Crippen molar-refractivity contribution >= 4 is 63.6 Å². The highest BCUT2D eigenvalue weighted by atomic mass is 35.5. The highest BCUT2D eigenvalue weighted by molar-refractivity contribution is 6.34. The van der Waals surface area contributed by atoms with Gasteiger partial charge >= 0.3 is 6.18 Å². The molecule has 0 aliphatic carbocycles. The molecule has 0 unspecified atom stereocenters. The number of carbonyl (C=O) groups is 3. The summed E-state index contributed by atoms with van der Waals surface area (Å²) in [4.78, 5) is 61.1. The second-order valence-corrected chi connectivity index (χ2v) is 12.9. The van der Waals surface area contributed by atoms with Gasteiger partial charge in [0.15, 0.2) is 5.82 Å². The van der Waals surface area contributed by atoms with Gasteiger partial charge in [-0.1, -0.05) is 42.3 Å². The summed E-state index contributed by atoms with van der Waals surface area (Å²) in [5.74, 6) is -2.39. The lowest BCUT2D eigenvalue weighted by Crippen LogP contribution is -2.52. The van der Waals surface area contributed by atoms with E-state index in [0.717, 1.165) is 28.3 Å². The molecule has 6 rings (SSSR count). The average molecular weight is 780 g/mol. The van der Waals surface area contributed by atoms with Crippen molar-refractivity contribution in [3.05, 3.63) is 91.3 Å². The van der Waals surface area contributed by atoms with Gasteiger partial charge in [0.05, 0.1) is 52.3 Å². The van der Waals surface area contributed by atoms with Gasteiger partial charge in [0.2, 0.25) is 17.6 Å². The lowest BCUT2D eigenvalue weighted by atomic mass is 10.1. The van der Waals surface area contributed by atoms with Crippen molar-refractivity contribution in [2.75, 3.05) is 56.2 Å². The van der Waals surface area contributed by atoms with Gasteiger partial charge in [-0.2, -0.15) is 22.7 Å².